The molecule has 0 radical (unpaired) electrons. The van der Waals surface area contributed by atoms with Crippen LogP contribution >= 0.6 is 11.6 Å². The Bertz CT molecular complexity index is 806. The third-order valence-corrected chi connectivity index (χ3v) is 4.65. The van der Waals surface area contributed by atoms with Crippen molar-refractivity contribution in [3.8, 4) is 5.75 Å². The van der Waals surface area contributed by atoms with Crippen LogP contribution in [-0.4, -0.2) is 32.0 Å². The van der Waals surface area contributed by atoms with E-state index in [0.29, 0.717) is 18.7 Å². The van der Waals surface area contributed by atoms with Gasteiger partial charge in [0, 0.05) is 31.1 Å². The van der Waals surface area contributed by atoms with Crippen molar-refractivity contribution in [2.24, 2.45) is 5.92 Å². The van der Waals surface area contributed by atoms with E-state index in [2.05, 4.69) is 5.32 Å². The Balaban J connectivity index is 1.61. The Morgan fingerprint density at radius 1 is 1.31 bits per heavy atom. The minimum Gasteiger partial charge on any atom is -0.497 e. The Morgan fingerprint density at radius 3 is 2.69 bits per heavy atom. The van der Waals surface area contributed by atoms with Crippen molar-refractivity contribution < 1.29 is 18.7 Å². The molecule has 0 saturated carbocycles. The van der Waals surface area contributed by atoms with E-state index in [1.54, 1.807) is 24.1 Å². The predicted molar refractivity (Wildman–Crippen MR) is 97.2 cm³/mol. The molecular weight excluding hydrogens is 359 g/mol. The molecule has 1 fully saturated rings. The summed E-state index contributed by atoms with van der Waals surface area (Å²) in [4.78, 5) is 26.1. The van der Waals surface area contributed by atoms with Crippen LogP contribution < -0.4 is 15.0 Å². The molecule has 2 amide bonds. The van der Waals surface area contributed by atoms with Crippen LogP contribution in [0.2, 0.25) is 5.02 Å². The van der Waals surface area contributed by atoms with Gasteiger partial charge in [-0.25, -0.2) is 4.39 Å². The molecule has 1 N–H and O–H groups in total. The first-order valence-corrected chi connectivity index (χ1v) is 8.54. The molecule has 3 rings (SSSR count). The third kappa shape index (κ3) is 3.80. The van der Waals surface area contributed by atoms with Crippen LogP contribution in [0.3, 0.4) is 0 Å². The summed E-state index contributed by atoms with van der Waals surface area (Å²) in [6.45, 7) is 0.748. The van der Waals surface area contributed by atoms with Gasteiger partial charge in [-0.15, -0.1) is 0 Å². The van der Waals surface area contributed by atoms with Crippen LogP contribution in [0, 0.1) is 11.7 Å². The maximum absolute atomic E-state index is 13.8. The lowest BCUT2D eigenvalue weighted by atomic mass is 10.1. The normalized spacial score (nSPS) is 16.7. The van der Waals surface area contributed by atoms with Crippen molar-refractivity contribution in [1.82, 2.24) is 5.32 Å². The molecule has 1 aliphatic rings. The van der Waals surface area contributed by atoms with E-state index in [9.17, 15) is 14.0 Å². The first kappa shape index (κ1) is 18.2. The molecule has 7 heteroatoms. The molecule has 0 spiro atoms. The molecule has 136 valence electrons. The number of ether oxygens (including phenoxy) is 1. The number of halogens is 2. The van der Waals surface area contributed by atoms with Crippen molar-refractivity contribution in [1.29, 1.82) is 0 Å². The molecule has 0 bridgehead atoms. The van der Waals surface area contributed by atoms with E-state index in [1.165, 1.54) is 18.2 Å². The molecule has 1 unspecified atom stereocenters. The molecule has 0 aliphatic carbocycles. The number of carbonyl (C=O) groups excluding carboxylic acids is 2. The van der Waals surface area contributed by atoms with E-state index in [-0.39, 0.29) is 29.0 Å². The predicted octanol–water partition coefficient (Wildman–Crippen LogP) is 3.27. The number of anilines is 1. The number of carbonyl (C=O) groups is 2. The number of rotatable bonds is 5. The SMILES string of the molecule is COc1ccc(N2CC(CNC(=O)c3c(F)cccc3Cl)CC2=O)cc1. The van der Waals surface area contributed by atoms with Gasteiger partial charge < -0.3 is 15.0 Å². The van der Waals surface area contributed by atoms with Gasteiger partial charge in [-0.3, -0.25) is 9.59 Å². The standard InChI is InChI=1S/C19H18ClFN2O3/c1-26-14-7-5-13(6-8-14)23-11-12(9-17(23)24)10-22-19(25)18-15(20)3-2-4-16(18)21/h2-8,12H,9-11H2,1H3,(H,22,25). The number of amides is 2. The lowest BCUT2D eigenvalue weighted by molar-refractivity contribution is -0.117. The number of benzene rings is 2. The van der Waals surface area contributed by atoms with E-state index < -0.39 is 11.7 Å². The second kappa shape index (κ2) is 7.74. The quantitative estimate of drug-likeness (QED) is 0.871. The lowest BCUT2D eigenvalue weighted by Gasteiger charge is -2.17. The maximum atomic E-state index is 13.8. The zero-order valence-electron chi connectivity index (χ0n) is 14.2. The third-order valence-electron chi connectivity index (χ3n) is 4.33. The molecule has 1 saturated heterocycles. The van der Waals surface area contributed by atoms with Crippen molar-refractivity contribution >= 4 is 29.1 Å². The van der Waals surface area contributed by atoms with E-state index in [4.69, 9.17) is 16.3 Å². The Labute approximate surface area is 155 Å². The number of hydrogen-bond acceptors (Lipinski definition) is 3. The van der Waals surface area contributed by atoms with Gasteiger partial charge >= 0.3 is 0 Å². The highest BCUT2D eigenvalue weighted by Crippen LogP contribution is 2.26. The monoisotopic (exact) mass is 376 g/mol. The first-order chi connectivity index (χ1) is 12.5. The summed E-state index contributed by atoms with van der Waals surface area (Å²) in [6, 6.07) is 11.3. The fourth-order valence-corrected chi connectivity index (χ4v) is 3.22. The average molecular weight is 377 g/mol. The summed E-state index contributed by atoms with van der Waals surface area (Å²) in [5.74, 6) is -0.607. The molecule has 1 heterocycles. The Hall–Kier alpha value is -2.60. The summed E-state index contributed by atoms with van der Waals surface area (Å²) in [6.07, 6.45) is 0.317. The molecule has 2 aromatic rings. The van der Waals surface area contributed by atoms with Gasteiger partial charge in [-0.2, -0.15) is 0 Å². The van der Waals surface area contributed by atoms with Gasteiger partial charge in [-0.1, -0.05) is 17.7 Å². The van der Waals surface area contributed by atoms with Gasteiger partial charge in [-0.05, 0) is 36.4 Å². The number of hydrogen-bond donors (Lipinski definition) is 1. The van der Waals surface area contributed by atoms with Gasteiger partial charge in [0.25, 0.3) is 5.91 Å². The van der Waals surface area contributed by atoms with Crippen LogP contribution in [0.5, 0.6) is 5.75 Å². The van der Waals surface area contributed by atoms with E-state index in [0.717, 1.165) is 5.69 Å². The summed E-state index contributed by atoms with van der Waals surface area (Å²) in [5, 5.41) is 2.73. The Morgan fingerprint density at radius 2 is 2.04 bits per heavy atom. The molecule has 1 aliphatic heterocycles. The fourth-order valence-electron chi connectivity index (χ4n) is 2.97. The highest BCUT2D eigenvalue weighted by Gasteiger charge is 2.31. The highest BCUT2D eigenvalue weighted by molar-refractivity contribution is 6.33. The molecule has 5 nitrogen and oxygen atoms in total. The summed E-state index contributed by atoms with van der Waals surface area (Å²) < 4.78 is 18.9. The smallest absolute Gasteiger partial charge is 0.255 e. The van der Waals surface area contributed by atoms with Crippen LogP contribution in [0.1, 0.15) is 16.8 Å². The first-order valence-electron chi connectivity index (χ1n) is 8.16. The van der Waals surface area contributed by atoms with Crippen LogP contribution in [0.25, 0.3) is 0 Å². The van der Waals surface area contributed by atoms with Gasteiger partial charge in [0.1, 0.15) is 11.6 Å². The van der Waals surface area contributed by atoms with Crippen LogP contribution in [-0.2, 0) is 4.79 Å². The zero-order valence-corrected chi connectivity index (χ0v) is 14.9. The molecule has 26 heavy (non-hydrogen) atoms. The van der Waals surface area contributed by atoms with Crippen molar-refractivity contribution in [3.05, 3.63) is 58.9 Å². The minimum absolute atomic E-state index is 0.0154. The zero-order chi connectivity index (χ0) is 18.7. The average Bonchev–Trinajstić information content (AvgIpc) is 3.00. The molecule has 0 aromatic heterocycles. The highest BCUT2D eigenvalue weighted by atomic mass is 35.5. The van der Waals surface area contributed by atoms with Crippen LogP contribution in [0.15, 0.2) is 42.5 Å². The summed E-state index contributed by atoms with van der Waals surface area (Å²) >= 11 is 5.90. The van der Waals surface area contributed by atoms with Gasteiger partial charge in [0.15, 0.2) is 0 Å². The van der Waals surface area contributed by atoms with Crippen molar-refractivity contribution in [3.63, 3.8) is 0 Å². The fraction of sp³-hybridized carbons (Fsp3) is 0.263. The number of nitrogens with one attached hydrogen (secondary N) is 1. The minimum atomic E-state index is -0.669. The topological polar surface area (TPSA) is 58.6 Å². The van der Waals surface area contributed by atoms with Crippen molar-refractivity contribution in [2.45, 2.75) is 6.42 Å². The number of nitrogens with zero attached hydrogens (tertiary/aromatic N) is 1. The largest absolute Gasteiger partial charge is 0.497 e. The summed E-state index contributed by atoms with van der Waals surface area (Å²) in [7, 11) is 1.58. The second-order valence-corrected chi connectivity index (χ2v) is 6.49. The molecule has 2 aromatic carbocycles. The van der Waals surface area contributed by atoms with E-state index in [1.807, 2.05) is 12.1 Å². The van der Waals surface area contributed by atoms with Gasteiger partial charge in [0.05, 0.1) is 17.7 Å². The van der Waals surface area contributed by atoms with Crippen LogP contribution in [0.4, 0.5) is 10.1 Å². The maximum Gasteiger partial charge on any atom is 0.255 e. The summed E-state index contributed by atoms with van der Waals surface area (Å²) in [5.41, 5.74) is 0.604. The van der Waals surface area contributed by atoms with Crippen molar-refractivity contribution in [2.75, 3.05) is 25.1 Å². The lowest BCUT2D eigenvalue weighted by Crippen LogP contribution is -2.31. The van der Waals surface area contributed by atoms with E-state index >= 15 is 0 Å². The van der Waals surface area contributed by atoms with Gasteiger partial charge in [0.2, 0.25) is 5.91 Å². The molecular formula is C19H18ClFN2O3. The Kier molecular flexibility index (Phi) is 5.42. The molecule has 1 atom stereocenters. The number of methoxy groups -OCH3 is 1. The second-order valence-electron chi connectivity index (χ2n) is 6.08.